The first-order valence-electron chi connectivity index (χ1n) is 16.0. The smallest absolute Gasteiger partial charge is 0.408 e. The first-order valence-corrected chi connectivity index (χ1v) is 16.0. The summed E-state index contributed by atoms with van der Waals surface area (Å²) in [5.41, 5.74) is 0.172. The molecule has 45 heavy (non-hydrogen) atoms. The van der Waals surface area contributed by atoms with Gasteiger partial charge < -0.3 is 30.7 Å². The lowest BCUT2D eigenvalue weighted by Crippen LogP contribution is -2.59. The molecule has 11 nitrogen and oxygen atoms in total. The van der Waals surface area contributed by atoms with Gasteiger partial charge in [-0.15, -0.1) is 0 Å². The molecule has 1 saturated carbocycles. The molecule has 1 unspecified atom stereocenters. The second-order valence-corrected chi connectivity index (χ2v) is 13.5. The minimum absolute atomic E-state index is 0.0121. The SMILES string of the molecule is CC(C)C[C@H](NC(=O)[C@@H](NC(=O)OCc1ccccc1)C(C)OC(C)(C)C)C(=O)N[C@H](/C=C/C(=O)C1CC1)C[C@@H]1CCNC1=O. The van der Waals surface area contributed by atoms with Crippen molar-refractivity contribution in [1.82, 2.24) is 21.3 Å². The minimum atomic E-state index is -1.16. The first kappa shape index (κ1) is 35.7. The summed E-state index contributed by atoms with van der Waals surface area (Å²) in [4.78, 5) is 64.9. The molecular formula is C34H50N4O7. The van der Waals surface area contributed by atoms with E-state index in [1.165, 1.54) is 6.08 Å². The summed E-state index contributed by atoms with van der Waals surface area (Å²) in [6.45, 7) is 11.7. The fourth-order valence-corrected chi connectivity index (χ4v) is 5.24. The van der Waals surface area contributed by atoms with E-state index in [-0.39, 0.29) is 36.1 Å². The summed E-state index contributed by atoms with van der Waals surface area (Å²) in [6, 6.07) is 6.48. The van der Waals surface area contributed by atoms with Crippen molar-refractivity contribution in [3.63, 3.8) is 0 Å². The topological polar surface area (TPSA) is 152 Å². The lowest BCUT2D eigenvalue weighted by atomic mass is 9.96. The van der Waals surface area contributed by atoms with Crippen LogP contribution in [0.2, 0.25) is 0 Å². The standard InChI is InChI=1S/C34H50N4O7/c1-21(2)18-27(31(41)36-26(14-15-28(39)24-12-13-24)19-25-16-17-35-30(25)40)37-32(42)29(22(3)45-34(4,5)6)38-33(43)44-20-23-10-8-7-9-11-23/h7-11,14-15,21-22,24-27,29H,12-13,16-20H2,1-6H3,(H,35,40)(H,36,41)(H,37,42)(H,38,43)/b15-14+/t22?,25-,26+,27-,29-/m0/s1. The van der Waals surface area contributed by atoms with Crippen molar-refractivity contribution < 1.29 is 33.4 Å². The number of benzene rings is 1. The van der Waals surface area contributed by atoms with Gasteiger partial charge in [-0.3, -0.25) is 19.2 Å². The molecule has 2 fully saturated rings. The Morgan fingerprint density at radius 1 is 0.978 bits per heavy atom. The molecule has 0 radical (unpaired) electrons. The number of allylic oxidation sites excluding steroid dienone is 1. The number of ether oxygens (including phenoxy) is 2. The van der Waals surface area contributed by atoms with Crippen molar-refractivity contribution in [1.29, 1.82) is 0 Å². The number of amides is 4. The van der Waals surface area contributed by atoms with Gasteiger partial charge in [0.15, 0.2) is 5.78 Å². The Kier molecular flexibility index (Phi) is 13.1. The predicted molar refractivity (Wildman–Crippen MR) is 170 cm³/mol. The van der Waals surface area contributed by atoms with E-state index in [0.717, 1.165) is 18.4 Å². The quantitative estimate of drug-likeness (QED) is 0.205. The van der Waals surface area contributed by atoms with Crippen LogP contribution in [0.1, 0.15) is 79.2 Å². The Bertz CT molecular complexity index is 1210. The Balaban J connectivity index is 1.74. The van der Waals surface area contributed by atoms with Crippen molar-refractivity contribution in [3.05, 3.63) is 48.0 Å². The molecule has 0 aromatic heterocycles. The summed E-state index contributed by atoms with van der Waals surface area (Å²) >= 11 is 0. The number of carbonyl (C=O) groups excluding carboxylic acids is 5. The van der Waals surface area contributed by atoms with E-state index in [1.807, 2.05) is 65.0 Å². The van der Waals surface area contributed by atoms with E-state index in [1.54, 1.807) is 13.0 Å². The summed E-state index contributed by atoms with van der Waals surface area (Å²) in [7, 11) is 0. The molecule has 4 amide bonds. The highest BCUT2D eigenvalue weighted by Crippen LogP contribution is 2.30. The van der Waals surface area contributed by atoms with Gasteiger partial charge in [-0.25, -0.2) is 4.79 Å². The summed E-state index contributed by atoms with van der Waals surface area (Å²) in [6.07, 6.45) is 4.61. The lowest BCUT2D eigenvalue weighted by Gasteiger charge is -2.32. The van der Waals surface area contributed by atoms with Crippen molar-refractivity contribution in [2.24, 2.45) is 17.8 Å². The Morgan fingerprint density at radius 3 is 2.24 bits per heavy atom. The van der Waals surface area contributed by atoms with Crippen LogP contribution in [0.15, 0.2) is 42.5 Å². The molecule has 1 heterocycles. The number of hydrogen-bond acceptors (Lipinski definition) is 7. The molecule has 1 aromatic carbocycles. The predicted octanol–water partition coefficient (Wildman–Crippen LogP) is 3.56. The Labute approximate surface area is 266 Å². The fourth-order valence-electron chi connectivity index (χ4n) is 5.24. The number of nitrogens with one attached hydrogen (secondary N) is 4. The van der Waals surface area contributed by atoms with Gasteiger partial charge in [0, 0.05) is 24.4 Å². The van der Waals surface area contributed by atoms with Crippen LogP contribution in [0.3, 0.4) is 0 Å². The van der Waals surface area contributed by atoms with Gasteiger partial charge in [-0.2, -0.15) is 0 Å². The maximum absolute atomic E-state index is 13.7. The van der Waals surface area contributed by atoms with Crippen molar-refractivity contribution in [3.8, 4) is 0 Å². The van der Waals surface area contributed by atoms with E-state index in [2.05, 4.69) is 21.3 Å². The zero-order chi connectivity index (χ0) is 33.1. The number of ketones is 1. The van der Waals surface area contributed by atoms with Gasteiger partial charge in [0.1, 0.15) is 18.7 Å². The number of alkyl carbamates (subject to hydrolysis) is 1. The Morgan fingerprint density at radius 2 is 1.67 bits per heavy atom. The zero-order valence-electron chi connectivity index (χ0n) is 27.4. The molecule has 5 atom stereocenters. The van der Waals surface area contributed by atoms with Crippen LogP contribution in [0.25, 0.3) is 0 Å². The number of hydrogen-bond donors (Lipinski definition) is 4. The van der Waals surface area contributed by atoms with E-state index in [0.29, 0.717) is 25.8 Å². The maximum atomic E-state index is 13.7. The Hall–Kier alpha value is -3.73. The van der Waals surface area contributed by atoms with Gasteiger partial charge in [0.2, 0.25) is 17.7 Å². The molecule has 1 saturated heterocycles. The van der Waals surface area contributed by atoms with Crippen LogP contribution in [-0.2, 0) is 35.3 Å². The molecule has 0 bridgehead atoms. The van der Waals surface area contributed by atoms with Gasteiger partial charge >= 0.3 is 6.09 Å². The fraction of sp³-hybridized carbons (Fsp3) is 0.618. The molecular weight excluding hydrogens is 576 g/mol. The van der Waals surface area contributed by atoms with E-state index in [9.17, 15) is 24.0 Å². The number of rotatable bonds is 16. The molecule has 4 N–H and O–H groups in total. The molecule has 3 rings (SSSR count). The summed E-state index contributed by atoms with van der Waals surface area (Å²) in [5, 5.41) is 11.2. The third kappa shape index (κ3) is 12.7. The van der Waals surface area contributed by atoms with Crippen molar-refractivity contribution >= 4 is 29.6 Å². The highest BCUT2D eigenvalue weighted by atomic mass is 16.6. The minimum Gasteiger partial charge on any atom is -0.445 e. The lowest BCUT2D eigenvalue weighted by molar-refractivity contribution is -0.135. The molecule has 1 aromatic rings. The number of carbonyl (C=O) groups is 5. The van der Waals surface area contributed by atoms with E-state index in [4.69, 9.17) is 9.47 Å². The molecule has 1 aliphatic heterocycles. The average Bonchev–Trinajstić information content (AvgIpc) is 3.74. The van der Waals surface area contributed by atoms with Crippen molar-refractivity contribution in [2.45, 2.75) is 110 Å². The van der Waals surface area contributed by atoms with Crippen LogP contribution in [0.4, 0.5) is 4.79 Å². The molecule has 0 spiro atoms. The van der Waals surface area contributed by atoms with Gasteiger partial charge in [0.05, 0.1) is 11.7 Å². The summed E-state index contributed by atoms with van der Waals surface area (Å²) in [5.74, 6) is -1.34. The molecule has 248 valence electrons. The molecule has 1 aliphatic carbocycles. The largest absolute Gasteiger partial charge is 0.445 e. The third-order valence-corrected chi connectivity index (χ3v) is 7.62. The van der Waals surface area contributed by atoms with Crippen LogP contribution >= 0.6 is 0 Å². The molecule has 2 aliphatic rings. The highest BCUT2D eigenvalue weighted by molar-refractivity contribution is 5.94. The molecule has 11 heteroatoms. The normalized spacial score (nSPS) is 19.4. The van der Waals surface area contributed by atoms with E-state index >= 15 is 0 Å². The first-order chi connectivity index (χ1) is 21.2. The monoisotopic (exact) mass is 626 g/mol. The van der Waals surface area contributed by atoms with Crippen LogP contribution in [-0.4, -0.2) is 66.0 Å². The third-order valence-electron chi connectivity index (χ3n) is 7.62. The zero-order valence-corrected chi connectivity index (χ0v) is 27.4. The highest BCUT2D eigenvalue weighted by Gasteiger charge is 2.35. The van der Waals surface area contributed by atoms with Gasteiger partial charge in [0.25, 0.3) is 0 Å². The van der Waals surface area contributed by atoms with Gasteiger partial charge in [-0.1, -0.05) is 50.3 Å². The van der Waals surface area contributed by atoms with Crippen molar-refractivity contribution in [2.75, 3.05) is 6.54 Å². The maximum Gasteiger partial charge on any atom is 0.408 e. The second kappa shape index (κ2) is 16.5. The van der Waals surface area contributed by atoms with Crippen LogP contribution in [0, 0.1) is 17.8 Å². The second-order valence-electron chi connectivity index (χ2n) is 13.5. The summed E-state index contributed by atoms with van der Waals surface area (Å²) < 4.78 is 11.4. The van der Waals surface area contributed by atoms with Crippen LogP contribution < -0.4 is 21.3 Å². The van der Waals surface area contributed by atoms with Gasteiger partial charge in [-0.05, 0) is 77.4 Å². The average molecular weight is 627 g/mol. The van der Waals surface area contributed by atoms with E-state index < -0.39 is 47.7 Å². The van der Waals surface area contributed by atoms with Crippen LogP contribution in [0.5, 0.6) is 0 Å².